The number of ether oxygens (including phenoxy) is 2. The zero-order valence-corrected chi connectivity index (χ0v) is 19.9. The highest BCUT2D eigenvalue weighted by molar-refractivity contribution is 8.17. The smallest absolute Gasteiger partial charge is 0.311 e. The van der Waals surface area contributed by atoms with Crippen molar-refractivity contribution in [1.82, 2.24) is 0 Å². The van der Waals surface area contributed by atoms with Crippen LogP contribution in [0.3, 0.4) is 0 Å². The molecule has 0 radical (unpaired) electrons. The maximum absolute atomic E-state index is 12.7. The molecule has 168 valence electrons. The molecule has 2 N–H and O–H groups in total. The van der Waals surface area contributed by atoms with Gasteiger partial charge in [-0.2, -0.15) is 5.26 Å². The van der Waals surface area contributed by atoms with E-state index in [0.717, 1.165) is 17.1 Å². The molecule has 1 aromatic carbocycles. The number of esters is 1. The van der Waals surface area contributed by atoms with Gasteiger partial charge in [0.1, 0.15) is 12.2 Å². The van der Waals surface area contributed by atoms with E-state index in [2.05, 4.69) is 0 Å². The summed E-state index contributed by atoms with van der Waals surface area (Å²) in [6.07, 6.45) is -5.13. The summed E-state index contributed by atoms with van der Waals surface area (Å²) in [5.74, 6) is 1.10. The van der Waals surface area contributed by atoms with Crippen molar-refractivity contribution >= 4 is 29.5 Å². The first kappa shape index (κ1) is 26.8. The average Bonchev–Trinajstić information content (AvgIpc) is 2.72. The topological polar surface area (TPSA) is 99.8 Å². The predicted molar refractivity (Wildman–Crippen MR) is 122 cm³/mol. The first-order chi connectivity index (χ1) is 14.1. The van der Waals surface area contributed by atoms with Gasteiger partial charge >= 0.3 is 5.97 Å². The second kappa shape index (κ2) is 13.2. The second-order valence-electron chi connectivity index (χ2n) is 7.72. The van der Waals surface area contributed by atoms with Gasteiger partial charge in [-0.3, -0.25) is 4.79 Å². The van der Waals surface area contributed by atoms with Gasteiger partial charge in [-0.25, -0.2) is 0 Å². The van der Waals surface area contributed by atoms with Crippen LogP contribution in [0.5, 0.6) is 0 Å². The van der Waals surface area contributed by atoms with Gasteiger partial charge < -0.3 is 19.7 Å². The Morgan fingerprint density at radius 1 is 1.10 bits per heavy atom. The number of nitriles is 1. The lowest BCUT2D eigenvalue weighted by atomic mass is 9.97. The Morgan fingerprint density at radius 2 is 1.67 bits per heavy atom. The van der Waals surface area contributed by atoms with E-state index < -0.39 is 35.8 Å². The fourth-order valence-electron chi connectivity index (χ4n) is 2.55. The number of aliphatic hydroxyl groups is 2. The highest BCUT2D eigenvalue weighted by atomic mass is 32.2. The van der Waals surface area contributed by atoms with Crippen LogP contribution in [0.4, 0.5) is 0 Å². The maximum Gasteiger partial charge on any atom is 0.311 e. The fraction of sp³-hybridized carbons (Fsp3) is 0.636. The highest BCUT2D eigenvalue weighted by Crippen LogP contribution is 2.34. The molecule has 6 nitrogen and oxygen atoms in total. The van der Waals surface area contributed by atoms with Gasteiger partial charge in [0.2, 0.25) is 0 Å². The van der Waals surface area contributed by atoms with Gasteiger partial charge in [0.15, 0.2) is 12.2 Å². The Labute approximate surface area is 188 Å². The van der Waals surface area contributed by atoms with Crippen LogP contribution in [0.25, 0.3) is 0 Å². The third-order valence-electron chi connectivity index (χ3n) is 4.19. The van der Waals surface area contributed by atoms with Crippen molar-refractivity contribution in [1.29, 1.82) is 5.26 Å². The molecule has 0 spiro atoms. The molecule has 1 aromatic rings. The average molecular weight is 456 g/mol. The number of benzene rings is 1. The minimum Gasteiger partial charge on any atom is -0.457 e. The number of hydrogen-bond acceptors (Lipinski definition) is 8. The monoisotopic (exact) mass is 455 g/mol. The summed E-state index contributed by atoms with van der Waals surface area (Å²) in [5, 5.41) is 29.9. The van der Waals surface area contributed by atoms with Crippen LogP contribution < -0.4 is 0 Å². The van der Waals surface area contributed by atoms with Gasteiger partial charge in [-0.1, -0.05) is 44.2 Å². The molecule has 0 unspecified atom stereocenters. The largest absolute Gasteiger partial charge is 0.457 e. The van der Waals surface area contributed by atoms with Crippen molar-refractivity contribution < 1.29 is 24.5 Å². The zero-order valence-electron chi connectivity index (χ0n) is 18.3. The van der Waals surface area contributed by atoms with Crippen LogP contribution in [-0.4, -0.2) is 56.7 Å². The summed E-state index contributed by atoms with van der Waals surface area (Å²) < 4.78 is 11.6. The number of nitrogens with zero attached hydrogens (tertiary/aromatic N) is 1. The number of rotatable bonds is 12. The molecule has 0 heterocycles. The van der Waals surface area contributed by atoms with Crippen molar-refractivity contribution in [3.63, 3.8) is 0 Å². The standard InChI is InChI=1S/C22H33NO5S2/c1-6-29-20(30-7-2)19(28-21(26)22(3,4)5)18(17(25)16(24)13-23)27-14-15-11-9-8-10-12-15/h8-12,16-20,24-25H,6-7,14H2,1-5H3/t16-,17+,18-,19+/m0/s1. The normalized spacial score (nSPS) is 15.8. The highest BCUT2D eigenvalue weighted by Gasteiger charge is 2.42. The molecule has 0 aliphatic carbocycles. The molecule has 30 heavy (non-hydrogen) atoms. The molecule has 4 atom stereocenters. The number of aliphatic hydroxyl groups excluding tert-OH is 2. The number of thioether (sulfide) groups is 2. The van der Waals surface area contributed by atoms with E-state index in [9.17, 15) is 15.0 Å². The minimum absolute atomic E-state index is 0.143. The molecular formula is C22H33NO5S2. The van der Waals surface area contributed by atoms with Crippen LogP contribution in [0.2, 0.25) is 0 Å². The molecule has 0 aromatic heterocycles. The number of hydrogen-bond donors (Lipinski definition) is 2. The Bertz CT molecular complexity index is 668. The molecule has 0 aliphatic rings. The molecule has 0 bridgehead atoms. The summed E-state index contributed by atoms with van der Waals surface area (Å²) in [6, 6.07) is 11.0. The van der Waals surface area contributed by atoms with Crippen molar-refractivity contribution in [2.75, 3.05) is 11.5 Å². The fourth-order valence-corrected chi connectivity index (χ4v) is 5.21. The van der Waals surface area contributed by atoms with Crippen LogP contribution >= 0.6 is 23.5 Å². The lowest BCUT2D eigenvalue weighted by Crippen LogP contribution is -2.51. The molecular weight excluding hydrogens is 422 g/mol. The molecule has 0 fully saturated rings. The van der Waals surface area contributed by atoms with E-state index in [4.69, 9.17) is 14.7 Å². The molecule has 0 aliphatic heterocycles. The predicted octanol–water partition coefficient (Wildman–Crippen LogP) is 3.61. The van der Waals surface area contributed by atoms with Gasteiger partial charge in [0.05, 0.1) is 22.7 Å². The van der Waals surface area contributed by atoms with Crippen molar-refractivity contribution in [2.24, 2.45) is 5.41 Å². The van der Waals surface area contributed by atoms with Crippen molar-refractivity contribution in [3.05, 3.63) is 35.9 Å². The van der Waals surface area contributed by atoms with Crippen LogP contribution in [0.15, 0.2) is 30.3 Å². The first-order valence-corrected chi connectivity index (χ1v) is 12.1. The molecule has 0 amide bonds. The van der Waals surface area contributed by atoms with Crippen LogP contribution in [0, 0.1) is 16.7 Å². The van der Waals surface area contributed by atoms with E-state index in [1.54, 1.807) is 50.4 Å². The van der Waals surface area contributed by atoms with Gasteiger partial charge in [-0.05, 0) is 37.8 Å². The molecule has 8 heteroatoms. The van der Waals surface area contributed by atoms with Gasteiger partial charge in [-0.15, -0.1) is 23.5 Å². The van der Waals surface area contributed by atoms with E-state index in [1.165, 1.54) is 0 Å². The van der Waals surface area contributed by atoms with E-state index in [0.29, 0.717) is 0 Å². The zero-order chi connectivity index (χ0) is 22.7. The third kappa shape index (κ3) is 8.48. The first-order valence-electron chi connectivity index (χ1n) is 10.0. The van der Waals surface area contributed by atoms with Gasteiger partial charge in [0.25, 0.3) is 0 Å². The SMILES string of the molecule is CCSC(SCC)[C@H](OC(=O)C(C)(C)C)[C@@H](OCc1ccccc1)[C@H](O)[C@@H](O)C#N. The van der Waals surface area contributed by atoms with E-state index in [1.807, 2.05) is 44.2 Å². The quantitative estimate of drug-likeness (QED) is 0.280. The van der Waals surface area contributed by atoms with Crippen LogP contribution in [0.1, 0.15) is 40.2 Å². The van der Waals surface area contributed by atoms with Crippen molar-refractivity contribution in [2.45, 2.75) is 70.2 Å². The lowest BCUT2D eigenvalue weighted by Gasteiger charge is -2.36. The van der Waals surface area contributed by atoms with E-state index in [-0.39, 0.29) is 11.2 Å². The second-order valence-corrected chi connectivity index (χ2v) is 10.9. The minimum atomic E-state index is -1.67. The summed E-state index contributed by atoms with van der Waals surface area (Å²) in [4.78, 5) is 12.7. The van der Waals surface area contributed by atoms with Crippen LogP contribution in [-0.2, 0) is 20.9 Å². The lowest BCUT2D eigenvalue weighted by molar-refractivity contribution is -0.177. The summed E-state index contributed by atoms with van der Waals surface area (Å²) >= 11 is 3.16. The van der Waals surface area contributed by atoms with E-state index >= 15 is 0 Å². The molecule has 0 saturated heterocycles. The third-order valence-corrected chi connectivity index (χ3v) is 6.86. The summed E-state index contributed by atoms with van der Waals surface area (Å²) in [5.41, 5.74) is 0.115. The summed E-state index contributed by atoms with van der Waals surface area (Å²) in [7, 11) is 0. The number of carbonyl (C=O) groups excluding carboxylic acids is 1. The molecule has 1 rings (SSSR count). The van der Waals surface area contributed by atoms with Gasteiger partial charge in [0, 0.05) is 0 Å². The summed E-state index contributed by atoms with van der Waals surface area (Å²) in [6.45, 7) is 9.39. The number of carbonyl (C=O) groups is 1. The Balaban J connectivity index is 3.28. The maximum atomic E-state index is 12.7. The Hall–Kier alpha value is -1.24. The Morgan fingerprint density at radius 3 is 2.13 bits per heavy atom. The van der Waals surface area contributed by atoms with Crippen molar-refractivity contribution in [3.8, 4) is 6.07 Å². The molecule has 0 saturated carbocycles. The Kier molecular flexibility index (Phi) is 11.8.